The van der Waals surface area contributed by atoms with Gasteiger partial charge in [-0.3, -0.25) is 9.59 Å². The maximum Gasteiger partial charge on any atom is 0.326 e. The van der Waals surface area contributed by atoms with Gasteiger partial charge in [0.05, 0.1) is 6.42 Å². The van der Waals surface area contributed by atoms with E-state index in [4.69, 9.17) is 0 Å². The number of rotatable bonds is 5. The van der Waals surface area contributed by atoms with E-state index in [2.05, 4.69) is 10.6 Å². The molecule has 6 nitrogen and oxygen atoms in total. The van der Waals surface area contributed by atoms with Crippen LogP contribution in [0.25, 0.3) is 0 Å². The Labute approximate surface area is 122 Å². The van der Waals surface area contributed by atoms with Crippen molar-refractivity contribution >= 4 is 23.5 Å². The molecule has 1 heterocycles. The lowest BCUT2D eigenvalue weighted by Gasteiger charge is -2.20. The van der Waals surface area contributed by atoms with Gasteiger partial charge < -0.3 is 15.7 Å². The Morgan fingerprint density at radius 1 is 1.43 bits per heavy atom. The molecule has 21 heavy (non-hydrogen) atoms. The van der Waals surface area contributed by atoms with Crippen LogP contribution in [0.5, 0.6) is 0 Å². The molecule has 0 bridgehead atoms. The van der Waals surface area contributed by atoms with Crippen molar-refractivity contribution < 1.29 is 19.5 Å². The third-order valence-corrected chi connectivity index (χ3v) is 3.76. The topological polar surface area (TPSA) is 95.5 Å². The van der Waals surface area contributed by atoms with Gasteiger partial charge >= 0.3 is 5.97 Å². The van der Waals surface area contributed by atoms with Gasteiger partial charge in [-0.2, -0.15) is 0 Å². The third-order valence-electron chi connectivity index (χ3n) is 3.76. The molecule has 3 N–H and O–H groups in total. The molecule has 2 rings (SSSR count). The average molecular weight is 290 g/mol. The summed E-state index contributed by atoms with van der Waals surface area (Å²) in [6.45, 7) is 3.65. The predicted octanol–water partition coefficient (Wildman–Crippen LogP) is 1.41. The van der Waals surface area contributed by atoms with E-state index in [1.54, 1.807) is 25.1 Å². The molecule has 0 spiro atoms. The second-order valence-electron chi connectivity index (χ2n) is 5.27. The maximum atomic E-state index is 12.2. The van der Waals surface area contributed by atoms with Crippen LogP contribution in [0.15, 0.2) is 18.2 Å². The van der Waals surface area contributed by atoms with E-state index in [0.29, 0.717) is 24.1 Å². The summed E-state index contributed by atoms with van der Waals surface area (Å²) in [5.74, 6) is -1.77. The van der Waals surface area contributed by atoms with Crippen LogP contribution in [-0.4, -0.2) is 28.9 Å². The van der Waals surface area contributed by atoms with Crippen molar-refractivity contribution in [2.75, 3.05) is 5.32 Å². The fraction of sp³-hybridized carbons (Fsp3) is 0.400. The van der Waals surface area contributed by atoms with E-state index in [9.17, 15) is 19.5 Å². The molecule has 0 aliphatic carbocycles. The number of benzene rings is 1. The zero-order valence-electron chi connectivity index (χ0n) is 12.0. The monoisotopic (exact) mass is 290 g/mol. The van der Waals surface area contributed by atoms with E-state index in [1.807, 2.05) is 6.92 Å². The molecule has 0 saturated heterocycles. The standard InChI is InChI=1S/C15H18N2O4/c1-3-8(2)13(15(20)21)17-14(19)10-5-4-9-7-12(18)16-11(9)6-10/h4-6,8,13H,3,7H2,1-2H3,(H,16,18)(H,17,19)(H,20,21)/t8?,13-/m0/s1. The Balaban J connectivity index is 2.15. The highest BCUT2D eigenvalue weighted by atomic mass is 16.4. The van der Waals surface area contributed by atoms with Gasteiger partial charge in [-0.05, 0) is 23.6 Å². The number of anilines is 1. The normalized spacial score (nSPS) is 15.8. The van der Waals surface area contributed by atoms with E-state index < -0.39 is 17.9 Å². The predicted molar refractivity (Wildman–Crippen MR) is 77.1 cm³/mol. The smallest absolute Gasteiger partial charge is 0.326 e. The Kier molecular flexibility index (Phi) is 4.26. The lowest BCUT2D eigenvalue weighted by molar-refractivity contribution is -0.140. The van der Waals surface area contributed by atoms with E-state index in [1.165, 1.54) is 0 Å². The highest BCUT2D eigenvalue weighted by Crippen LogP contribution is 2.24. The van der Waals surface area contributed by atoms with E-state index in [0.717, 1.165) is 5.56 Å². The summed E-state index contributed by atoms with van der Waals surface area (Å²) in [5.41, 5.74) is 1.79. The molecule has 0 radical (unpaired) electrons. The summed E-state index contributed by atoms with van der Waals surface area (Å²) in [4.78, 5) is 34.7. The Morgan fingerprint density at radius 3 is 2.76 bits per heavy atom. The number of fused-ring (bicyclic) bond motifs is 1. The Morgan fingerprint density at radius 2 is 2.14 bits per heavy atom. The number of carbonyl (C=O) groups excluding carboxylic acids is 2. The van der Waals surface area contributed by atoms with Crippen molar-refractivity contribution in [1.29, 1.82) is 0 Å². The molecular weight excluding hydrogens is 272 g/mol. The number of aliphatic carboxylic acids is 1. The number of carbonyl (C=O) groups is 3. The fourth-order valence-corrected chi connectivity index (χ4v) is 2.26. The second kappa shape index (κ2) is 5.95. The highest BCUT2D eigenvalue weighted by Gasteiger charge is 2.26. The van der Waals surface area contributed by atoms with E-state index in [-0.39, 0.29) is 11.8 Å². The van der Waals surface area contributed by atoms with Crippen molar-refractivity contribution in [3.63, 3.8) is 0 Å². The fourth-order valence-electron chi connectivity index (χ4n) is 2.26. The Bertz CT molecular complexity index is 597. The van der Waals surface area contributed by atoms with Gasteiger partial charge in [0.1, 0.15) is 6.04 Å². The van der Waals surface area contributed by atoms with Crippen LogP contribution in [0.1, 0.15) is 36.2 Å². The van der Waals surface area contributed by atoms with Crippen molar-refractivity contribution in [1.82, 2.24) is 5.32 Å². The van der Waals surface area contributed by atoms with Crippen LogP contribution in [0.4, 0.5) is 5.69 Å². The summed E-state index contributed by atoms with van der Waals surface area (Å²) in [5, 5.41) is 14.4. The third kappa shape index (κ3) is 3.21. The molecule has 2 atom stereocenters. The first-order valence-electron chi connectivity index (χ1n) is 6.88. The average Bonchev–Trinajstić information content (AvgIpc) is 2.82. The van der Waals surface area contributed by atoms with Gasteiger partial charge in [0.2, 0.25) is 5.91 Å². The van der Waals surface area contributed by atoms with Crippen LogP contribution in [0.2, 0.25) is 0 Å². The second-order valence-corrected chi connectivity index (χ2v) is 5.27. The Hall–Kier alpha value is -2.37. The zero-order chi connectivity index (χ0) is 15.6. The summed E-state index contributed by atoms with van der Waals surface area (Å²) in [6.07, 6.45) is 0.958. The number of hydrogen-bond donors (Lipinski definition) is 3. The minimum Gasteiger partial charge on any atom is -0.480 e. The maximum absolute atomic E-state index is 12.2. The summed E-state index contributed by atoms with van der Waals surface area (Å²) < 4.78 is 0. The van der Waals surface area contributed by atoms with Gasteiger partial charge in [0, 0.05) is 11.3 Å². The van der Waals surface area contributed by atoms with E-state index >= 15 is 0 Å². The summed E-state index contributed by atoms with van der Waals surface area (Å²) in [7, 11) is 0. The number of amides is 2. The van der Waals surface area contributed by atoms with Gasteiger partial charge in [0.25, 0.3) is 5.91 Å². The lowest BCUT2D eigenvalue weighted by Crippen LogP contribution is -2.45. The van der Waals surface area contributed by atoms with Gasteiger partial charge in [-0.25, -0.2) is 4.79 Å². The molecule has 1 aliphatic rings. The minimum absolute atomic E-state index is 0.106. The quantitative estimate of drug-likeness (QED) is 0.764. The van der Waals surface area contributed by atoms with Crippen molar-refractivity contribution in [2.24, 2.45) is 5.92 Å². The highest BCUT2D eigenvalue weighted by molar-refractivity contribution is 6.02. The van der Waals surface area contributed by atoms with Crippen molar-refractivity contribution in [3.8, 4) is 0 Å². The van der Waals surface area contributed by atoms with Gasteiger partial charge in [0.15, 0.2) is 0 Å². The molecule has 0 saturated carbocycles. The molecular formula is C15H18N2O4. The van der Waals surface area contributed by atoms with Crippen molar-refractivity contribution in [2.45, 2.75) is 32.7 Å². The SMILES string of the molecule is CCC(C)[C@H](NC(=O)c1ccc2c(c1)NC(=O)C2)C(=O)O. The molecule has 0 fully saturated rings. The summed E-state index contributed by atoms with van der Waals surface area (Å²) in [6, 6.07) is 3.96. The largest absolute Gasteiger partial charge is 0.480 e. The molecule has 0 aromatic heterocycles. The van der Waals surface area contributed by atoms with Gasteiger partial charge in [-0.15, -0.1) is 0 Å². The lowest BCUT2D eigenvalue weighted by atomic mass is 9.98. The molecule has 1 aromatic carbocycles. The van der Waals surface area contributed by atoms with Crippen molar-refractivity contribution in [3.05, 3.63) is 29.3 Å². The van der Waals surface area contributed by atoms with Crippen LogP contribution >= 0.6 is 0 Å². The summed E-state index contributed by atoms with van der Waals surface area (Å²) >= 11 is 0. The van der Waals surface area contributed by atoms with Crippen LogP contribution in [0.3, 0.4) is 0 Å². The number of nitrogens with one attached hydrogen (secondary N) is 2. The minimum atomic E-state index is -1.05. The number of carboxylic acid groups (broad SMARTS) is 1. The van der Waals surface area contributed by atoms with Crippen LogP contribution < -0.4 is 10.6 Å². The first kappa shape index (κ1) is 15.0. The molecule has 1 aliphatic heterocycles. The molecule has 1 aromatic rings. The van der Waals surface area contributed by atoms with Gasteiger partial charge in [-0.1, -0.05) is 26.3 Å². The molecule has 1 unspecified atom stereocenters. The van der Waals surface area contributed by atoms with Crippen LogP contribution in [-0.2, 0) is 16.0 Å². The zero-order valence-corrected chi connectivity index (χ0v) is 12.0. The molecule has 112 valence electrons. The molecule has 2 amide bonds. The first-order valence-corrected chi connectivity index (χ1v) is 6.88. The first-order chi connectivity index (χ1) is 9.92. The number of carboxylic acids is 1. The van der Waals surface area contributed by atoms with Crippen LogP contribution in [0, 0.1) is 5.92 Å². The molecule has 6 heteroatoms. The number of hydrogen-bond acceptors (Lipinski definition) is 3.